The van der Waals surface area contributed by atoms with Crippen molar-refractivity contribution in [2.24, 2.45) is 0 Å². The number of benzene rings is 3. The van der Waals surface area contributed by atoms with E-state index in [-0.39, 0.29) is 12.5 Å². The lowest BCUT2D eigenvalue weighted by atomic mass is 9.76. The van der Waals surface area contributed by atoms with Gasteiger partial charge in [-0.15, -0.1) is 0 Å². The average molecular weight is 456 g/mol. The lowest BCUT2D eigenvalue weighted by Gasteiger charge is -2.33. The Balaban J connectivity index is 1.21. The zero-order valence-corrected chi connectivity index (χ0v) is 18.6. The van der Waals surface area contributed by atoms with Crippen molar-refractivity contribution in [2.75, 3.05) is 11.9 Å². The van der Waals surface area contributed by atoms with E-state index in [0.29, 0.717) is 24.5 Å². The number of fused-ring (bicyclic) bond motifs is 2. The molecule has 2 aliphatic rings. The SMILES string of the molecule is O=C(CN1C(=O)N[C@]2(CCCc3ccccc32)C1=O)Nc1ccc(OCc2ccccc2)cc1. The summed E-state index contributed by atoms with van der Waals surface area (Å²) in [6.45, 7) is 0.102. The van der Waals surface area contributed by atoms with Crippen molar-refractivity contribution in [3.05, 3.63) is 95.6 Å². The van der Waals surface area contributed by atoms with Crippen molar-refractivity contribution in [3.63, 3.8) is 0 Å². The van der Waals surface area contributed by atoms with Crippen LogP contribution in [0.4, 0.5) is 10.5 Å². The molecule has 1 aliphatic heterocycles. The number of hydrogen-bond donors (Lipinski definition) is 2. The predicted octanol–water partition coefficient (Wildman–Crippen LogP) is 3.99. The van der Waals surface area contributed by atoms with Crippen molar-refractivity contribution in [1.29, 1.82) is 0 Å². The van der Waals surface area contributed by atoms with Gasteiger partial charge in [0.2, 0.25) is 5.91 Å². The van der Waals surface area contributed by atoms with Crippen molar-refractivity contribution in [2.45, 2.75) is 31.4 Å². The van der Waals surface area contributed by atoms with E-state index in [2.05, 4.69) is 10.6 Å². The standard InChI is InChI=1S/C27H25N3O4/c31-24(28-21-12-14-22(15-13-21)34-18-19-7-2-1-3-8-19)17-30-25(32)27(29-26(30)33)16-6-10-20-9-4-5-11-23(20)27/h1-5,7-9,11-15H,6,10,16-18H2,(H,28,31)(H,29,33)/t27-/m0/s1. The predicted molar refractivity (Wildman–Crippen MR) is 127 cm³/mol. The molecule has 1 spiro atoms. The number of amides is 4. The molecule has 1 fully saturated rings. The Bertz CT molecular complexity index is 1230. The Morgan fingerprint density at radius 2 is 1.71 bits per heavy atom. The van der Waals surface area contributed by atoms with Gasteiger partial charge in [0.15, 0.2) is 0 Å². The highest BCUT2D eigenvalue weighted by molar-refractivity contribution is 6.10. The number of urea groups is 1. The molecule has 0 saturated carbocycles. The zero-order chi connectivity index (χ0) is 23.5. The van der Waals surface area contributed by atoms with Gasteiger partial charge in [-0.2, -0.15) is 0 Å². The zero-order valence-electron chi connectivity index (χ0n) is 18.6. The van der Waals surface area contributed by atoms with E-state index >= 15 is 0 Å². The molecule has 172 valence electrons. The van der Waals surface area contributed by atoms with Crippen LogP contribution in [-0.2, 0) is 28.2 Å². The first-order chi connectivity index (χ1) is 16.5. The summed E-state index contributed by atoms with van der Waals surface area (Å²) in [7, 11) is 0. The lowest BCUT2D eigenvalue weighted by molar-refractivity contribution is -0.134. The molecule has 0 unspecified atom stereocenters. The molecule has 0 aromatic heterocycles. The molecule has 0 radical (unpaired) electrons. The van der Waals surface area contributed by atoms with Crippen LogP contribution in [0, 0.1) is 0 Å². The third kappa shape index (κ3) is 4.12. The van der Waals surface area contributed by atoms with Gasteiger partial charge in [-0.1, -0.05) is 54.6 Å². The summed E-state index contributed by atoms with van der Waals surface area (Å²) in [6.07, 6.45) is 2.19. The Morgan fingerprint density at radius 3 is 2.50 bits per heavy atom. The molecule has 1 aliphatic carbocycles. The summed E-state index contributed by atoms with van der Waals surface area (Å²) >= 11 is 0. The summed E-state index contributed by atoms with van der Waals surface area (Å²) in [5, 5.41) is 5.62. The summed E-state index contributed by atoms with van der Waals surface area (Å²) in [6, 6.07) is 23.9. The van der Waals surface area contributed by atoms with E-state index in [1.54, 1.807) is 24.3 Å². The number of rotatable bonds is 6. The van der Waals surface area contributed by atoms with Crippen LogP contribution >= 0.6 is 0 Å². The molecule has 4 amide bonds. The number of hydrogen-bond acceptors (Lipinski definition) is 4. The first-order valence-electron chi connectivity index (χ1n) is 11.3. The van der Waals surface area contributed by atoms with E-state index in [1.807, 2.05) is 54.6 Å². The maximum absolute atomic E-state index is 13.3. The fourth-order valence-electron chi connectivity index (χ4n) is 4.67. The van der Waals surface area contributed by atoms with Gasteiger partial charge < -0.3 is 15.4 Å². The molecule has 34 heavy (non-hydrogen) atoms. The Hall–Kier alpha value is -4.13. The largest absolute Gasteiger partial charge is 0.489 e. The molecule has 7 nitrogen and oxygen atoms in total. The smallest absolute Gasteiger partial charge is 0.325 e. The number of ether oxygens (including phenoxy) is 1. The summed E-state index contributed by atoms with van der Waals surface area (Å²) in [5.74, 6) is -0.138. The minimum absolute atomic E-state index is 0.346. The van der Waals surface area contributed by atoms with E-state index in [9.17, 15) is 14.4 Å². The van der Waals surface area contributed by atoms with Gasteiger partial charge in [0.05, 0.1) is 0 Å². The topological polar surface area (TPSA) is 87.7 Å². The highest BCUT2D eigenvalue weighted by Crippen LogP contribution is 2.39. The number of nitrogens with zero attached hydrogens (tertiary/aromatic N) is 1. The summed E-state index contributed by atoms with van der Waals surface area (Å²) < 4.78 is 5.76. The maximum Gasteiger partial charge on any atom is 0.325 e. The highest BCUT2D eigenvalue weighted by Gasteiger charge is 2.54. The highest BCUT2D eigenvalue weighted by atomic mass is 16.5. The third-order valence-electron chi connectivity index (χ3n) is 6.34. The molecule has 1 saturated heterocycles. The Labute approximate surface area is 197 Å². The minimum atomic E-state index is -1.08. The van der Waals surface area contributed by atoms with Crippen LogP contribution in [0.1, 0.15) is 29.5 Å². The molecule has 7 heteroatoms. The van der Waals surface area contributed by atoms with Gasteiger partial charge in [-0.3, -0.25) is 14.5 Å². The number of imide groups is 1. The molecule has 3 aromatic rings. The summed E-state index contributed by atoms with van der Waals surface area (Å²) in [5.41, 5.74) is 2.43. The molecule has 1 atom stereocenters. The molecule has 2 N–H and O–H groups in total. The minimum Gasteiger partial charge on any atom is -0.489 e. The third-order valence-corrected chi connectivity index (χ3v) is 6.34. The summed E-state index contributed by atoms with van der Waals surface area (Å²) in [4.78, 5) is 39.7. The normalized spacial score (nSPS) is 19.0. The van der Waals surface area contributed by atoms with Gasteiger partial charge in [0.1, 0.15) is 24.4 Å². The van der Waals surface area contributed by atoms with E-state index < -0.39 is 17.5 Å². The van der Waals surface area contributed by atoms with Crippen LogP contribution in [0.2, 0.25) is 0 Å². The second-order valence-electron chi connectivity index (χ2n) is 8.58. The van der Waals surface area contributed by atoms with Crippen LogP contribution in [0.25, 0.3) is 0 Å². The Kier molecular flexibility index (Phi) is 5.76. The van der Waals surface area contributed by atoms with Crippen molar-refractivity contribution in [3.8, 4) is 5.75 Å². The van der Waals surface area contributed by atoms with Crippen LogP contribution in [0.3, 0.4) is 0 Å². The van der Waals surface area contributed by atoms with Gasteiger partial charge in [-0.25, -0.2) is 4.79 Å². The first-order valence-corrected chi connectivity index (χ1v) is 11.3. The number of nitrogens with one attached hydrogen (secondary N) is 2. The average Bonchev–Trinajstić information content (AvgIpc) is 3.09. The van der Waals surface area contributed by atoms with Gasteiger partial charge in [-0.05, 0) is 60.2 Å². The molecule has 5 rings (SSSR count). The van der Waals surface area contributed by atoms with Crippen LogP contribution in [-0.4, -0.2) is 29.3 Å². The number of carbonyl (C=O) groups excluding carboxylic acids is 3. The van der Waals surface area contributed by atoms with Gasteiger partial charge >= 0.3 is 6.03 Å². The van der Waals surface area contributed by atoms with Crippen LogP contribution in [0.15, 0.2) is 78.9 Å². The number of anilines is 1. The van der Waals surface area contributed by atoms with Crippen molar-refractivity contribution in [1.82, 2.24) is 10.2 Å². The first kappa shape index (κ1) is 21.7. The molecule has 0 bridgehead atoms. The van der Waals surface area contributed by atoms with Crippen LogP contribution in [0.5, 0.6) is 5.75 Å². The molecular formula is C27H25N3O4. The van der Waals surface area contributed by atoms with Crippen molar-refractivity contribution < 1.29 is 19.1 Å². The number of aryl methyl sites for hydroxylation is 1. The van der Waals surface area contributed by atoms with E-state index in [1.165, 1.54) is 0 Å². The molecular weight excluding hydrogens is 430 g/mol. The second-order valence-corrected chi connectivity index (χ2v) is 8.58. The van der Waals surface area contributed by atoms with Gasteiger partial charge in [0.25, 0.3) is 5.91 Å². The fourth-order valence-corrected chi connectivity index (χ4v) is 4.67. The fraction of sp³-hybridized carbons (Fsp3) is 0.222. The lowest BCUT2D eigenvalue weighted by Crippen LogP contribution is -2.47. The van der Waals surface area contributed by atoms with Gasteiger partial charge in [0, 0.05) is 5.69 Å². The molecule has 1 heterocycles. The molecule has 3 aromatic carbocycles. The number of carbonyl (C=O) groups is 3. The van der Waals surface area contributed by atoms with E-state index in [4.69, 9.17) is 4.74 Å². The van der Waals surface area contributed by atoms with E-state index in [0.717, 1.165) is 34.4 Å². The van der Waals surface area contributed by atoms with Crippen molar-refractivity contribution >= 4 is 23.5 Å². The monoisotopic (exact) mass is 455 g/mol. The second kappa shape index (κ2) is 9.02. The maximum atomic E-state index is 13.3. The van der Waals surface area contributed by atoms with Crippen LogP contribution < -0.4 is 15.4 Å². The Morgan fingerprint density at radius 1 is 0.971 bits per heavy atom. The quantitative estimate of drug-likeness (QED) is 0.551.